The molecule has 1 amide bonds. The number of nitrogens with one attached hydrogen (secondary N) is 2. The lowest BCUT2D eigenvalue weighted by molar-refractivity contribution is -0.113. The summed E-state index contributed by atoms with van der Waals surface area (Å²) in [4.78, 5) is 30.7. The zero-order valence-electron chi connectivity index (χ0n) is 13.1. The highest BCUT2D eigenvalue weighted by Crippen LogP contribution is 2.25. The summed E-state index contributed by atoms with van der Waals surface area (Å²) in [6.07, 6.45) is 2.75. The Morgan fingerprint density at radius 3 is 2.83 bits per heavy atom. The number of nitrogens with zero attached hydrogens (tertiary/aromatic N) is 1. The first-order valence-electron chi connectivity index (χ1n) is 7.46. The van der Waals surface area contributed by atoms with Crippen molar-refractivity contribution in [1.29, 1.82) is 0 Å². The van der Waals surface area contributed by atoms with E-state index in [4.69, 9.17) is 23.2 Å². The summed E-state index contributed by atoms with van der Waals surface area (Å²) in [5.74, 6) is -0.134. The van der Waals surface area contributed by atoms with Crippen molar-refractivity contribution in [1.82, 2.24) is 9.97 Å². The summed E-state index contributed by atoms with van der Waals surface area (Å²) in [5.41, 5.74) is 1.02. The molecule has 0 saturated carbocycles. The molecule has 1 heterocycles. The molecule has 2 aromatic rings. The summed E-state index contributed by atoms with van der Waals surface area (Å²) < 4.78 is 0. The second-order valence-corrected chi connectivity index (χ2v) is 6.91. The third kappa shape index (κ3) is 5.85. The number of hydrogen-bond acceptors (Lipinski definition) is 4. The number of aromatic nitrogens is 2. The number of hydrogen-bond donors (Lipinski definition) is 2. The predicted molar refractivity (Wildman–Crippen MR) is 99.3 cm³/mol. The Bertz CT molecular complexity index is 780. The van der Waals surface area contributed by atoms with Crippen LogP contribution >= 0.6 is 35.0 Å². The van der Waals surface area contributed by atoms with Gasteiger partial charge in [0.05, 0.1) is 16.5 Å². The molecular formula is C16H17Cl2N3O2S. The van der Waals surface area contributed by atoms with Crippen LogP contribution in [0.3, 0.4) is 0 Å². The van der Waals surface area contributed by atoms with Gasteiger partial charge in [-0.25, -0.2) is 4.98 Å². The minimum Gasteiger partial charge on any atom is -0.324 e. The fourth-order valence-electron chi connectivity index (χ4n) is 1.95. The number of amides is 1. The van der Waals surface area contributed by atoms with E-state index in [1.807, 2.05) is 0 Å². The number of carbonyl (C=O) groups is 1. The Kier molecular flexibility index (Phi) is 7.15. The minimum atomic E-state index is -0.245. The Morgan fingerprint density at radius 1 is 1.33 bits per heavy atom. The van der Waals surface area contributed by atoms with Crippen LogP contribution in [0.15, 0.2) is 34.2 Å². The summed E-state index contributed by atoms with van der Waals surface area (Å²) >= 11 is 13.0. The SMILES string of the molecule is CCCCc1cc(=O)[nH]c(SCC(=O)Nc2ccc(Cl)cc2Cl)n1. The lowest BCUT2D eigenvalue weighted by Gasteiger charge is -2.07. The van der Waals surface area contributed by atoms with Crippen molar-refractivity contribution in [2.24, 2.45) is 0 Å². The van der Waals surface area contributed by atoms with Crippen molar-refractivity contribution in [2.45, 2.75) is 31.3 Å². The van der Waals surface area contributed by atoms with E-state index in [1.54, 1.807) is 18.2 Å². The van der Waals surface area contributed by atoms with Gasteiger partial charge in [0.15, 0.2) is 5.16 Å². The van der Waals surface area contributed by atoms with Gasteiger partial charge in [0.2, 0.25) is 5.91 Å². The van der Waals surface area contributed by atoms with Crippen molar-refractivity contribution < 1.29 is 4.79 Å². The van der Waals surface area contributed by atoms with Crippen molar-refractivity contribution >= 4 is 46.6 Å². The number of anilines is 1. The molecule has 2 rings (SSSR count). The molecule has 0 spiro atoms. The number of thioether (sulfide) groups is 1. The highest BCUT2D eigenvalue weighted by Gasteiger charge is 2.09. The normalized spacial score (nSPS) is 10.6. The molecule has 5 nitrogen and oxygen atoms in total. The van der Waals surface area contributed by atoms with E-state index in [9.17, 15) is 9.59 Å². The number of rotatable bonds is 7. The first-order valence-corrected chi connectivity index (χ1v) is 9.20. The van der Waals surface area contributed by atoms with Gasteiger partial charge >= 0.3 is 0 Å². The van der Waals surface area contributed by atoms with Crippen LogP contribution in [0.5, 0.6) is 0 Å². The largest absolute Gasteiger partial charge is 0.324 e. The predicted octanol–water partition coefficient (Wildman–Crippen LogP) is 4.15. The van der Waals surface area contributed by atoms with Gasteiger partial charge in [-0.15, -0.1) is 0 Å². The number of H-pyrrole nitrogens is 1. The van der Waals surface area contributed by atoms with Crippen LogP contribution < -0.4 is 10.9 Å². The maximum atomic E-state index is 12.0. The Balaban J connectivity index is 1.96. The van der Waals surface area contributed by atoms with Crippen LogP contribution in [-0.2, 0) is 11.2 Å². The van der Waals surface area contributed by atoms with E-state index in [0.717, 1.165) is 25.0 Å². The maximum Gasteiger partial charge on any atom is 0.251 e. The van der Waals surface area contributed by atoms with Crippen LogP contribution in [0.4, 0.5) is 5.69 Å². The molecule has 1 aromatic carbocycles. The Labute approximate surface area is 154 Å². The number of carbonyl (C=O) groups excluding carboxylic acids is 1. The smallest absolute Gasteiger partial charge is 0.251 e. The first-order chi connectivity index (χ1) is 11.5. The third-order valence-electron chi connectivity index (χ3n) is 3.10. The zero-order valence-corrected chi connectivity index (χ0v) is 15.4. The van der Waals surface area contributed by atoms with Gasteiger partial charge in [-0.3, -0.25) is 9.59 Å². The molecule has 24 heavy (non-hydrogen) atoms. The van der Waals surface area contributed by atoms with E-state index in [1.165, 1.54) is 17.8 Å². The van der Waals surface area contributed by atoms with Crippen LogP contribution in [-0.4, -0.2) is 21.6 Å². The highest BCUT2D eigenvalue weighted by atomic mass is 35.5. The molecule has 0 fully saturated rings. The fourth-order valence-corrected chi connectivity index (χ4v) is 3.10. The number of aryl methyl sites for hydroxylation is 1. The Morgan fingerprint density at radius 2 is 2.12 bits per heavy atom. The zero-order chi connectivity index (χ0) is 17.5. The lowest BCUT2D eigenvalue weighted by Crippen LogP contribution is -2.16. The molecule has 0 aliphatic carbocycles. The minimum absolute atomic E-state index is 0.110. The standard InChI is InChI=1S/C16H17Cl2N3O2S/c1-2-3-4-11-8-14(22)21-16(19-11)24-9-15(23)20-13-6-5-10(17)7-12(13)18/h5-8H,2-4,9H2,1H3,(H,20,23)(H,19,21,22). The average molecular weight is 386 g/mol. The molecule has 0 aliphatic heterocycles. The molecule has 2 N–H and O–H groups in total. The highest BCUT2D eigenvalue weighted by molar-refractivity contribution is 7.99. The van der Waals surface area contributed by atoms with Crippen molar-refractivity contribution in [3.05, 3.63) is 50.4 Å². The molecule has 0 aliphatic rings. The fraction of sp³-hybridized carbons (Fsp3) is 0.312. The number of aromatic amines is 1. The van der Waals surface area contributed by atoms with Crippen molar-refractivity contribution in [3.63, 3.8) is 0 Å². The van der Waals surface area contributed by atoms with Gasteiger partial charge in [-0.1, -0.05) is 48.3 Å². The topological polar surface area (TPSA) is 74.8 Å². The number of unbranched alkanes of at least 4 members (excludes halogenated alkanes) is 1. The van der Waals surface area contributed by atoms with E-state index >= 15 is 0 Å². The van der Waals surface area contributed by atoms with Gasteiger partial charge < -0.3 is 10.3 Å². The summed E-state index contributed by atoms with van der Waals surface area (Å²) in [7, 11) is 0. The quantitative estimate of drug-likeness (QED) is 0.554. The first kappa shape index (κ1) is 18.8. The van der Waals surface area contributed by atoms with Gasteiger partial charge in [0, 0.05) is 16.8 Å². The van der Waals surface area contributed by atoms with Crippen LogP contribution in [0.2, 0.25) is 10.0 Å². The summed E-state index contributed by atoms with van der Waals surface area (Å²) in [6, 6.07) is 6.33. The number of halogens is 2. The molecular weight excluding hydrogens is 369 g/mol. The molecule has 0 radical (unpaired) electrons. The summed E-state index contributed by atoms with van der Waals surface area (Å²) in [5, 5.41) is 4.00. The molecule has 8 heteroatoms. The third-order valence-corrected chi connectivity index (χ3v) is 4.53. The van der Waals surface area contributed by atoms with Crippen molar-refractivity contribution in [3.8, 4) is 0 Å². The monoisotopic (exact) mass is 385 g/mol. The van der Waals surface area contributed by atoms with E-state index in [0.29, 0.717) is 20.9 Å². The van der Waals surface area contributed by atoms with E-state index < -0.39 is 0 Å². The maximum absolute atomic E-state index is 12.0. The van der Waals surface area contributed by atoms with Gasteiger partial charge in [-0.05, 0) is 31.0 Å². The molecule has 1 aromatic heterocycles. The van der Waals surface area contributed by atoms with E-state index in [-0.39, 0.29) is 17.2 Å². The molecule has 0 atom stereocenters. The van der Waals surface area contributed by atoms with Crippen LogP contribution in [0.25, 0.3) is 0 Å². The van der Waals surface area contributed by atoms with Gasteiger partial charge in [0.1, 0.15) is 0 Å². The second-order valence-electron chi connectivity index (χ2n) is 5.11. The molecule has 0 unspecified atom stereocenters. The molecule has 128 valence electrons. The Hall–Kier alpha value is -1.50. The second kappa shape index (κ2) is 9.11. The van der Waals surface area contributed by atoms with Gasteiger partial charge in [-0.2, -0.15) is 0 Å². The lowest BCUT2D eigenvalue weighted by atomic mass is 10.2. The summed E-state index contributed by atoms with van der Waals surface area (Å²) in [6.45, 7) is 2.08. The molecule has 0 saturated heterocycles. The van der Waals surface area contributed by atoms with Gasteiger partial charge in [0.25, 0.3) is 5.56 Å². The van der Waals surface area contributed by atoms with Crippen LogP contribution in [0.1, 0.15) is 25.5 Å². The van der Waals surface area contributed by atoms with Crippen LogP contribution in [0, 0.1) is 0 Å². The van der Waals surface area contributed by atoms with E-state index in [2.05, 4.69) is 22.2 Å². The molecule has 0 bridgehead atoms. The van der Waals surface area contributed by atoms with Crippen molar-refractivity contribution in [2.75, 3.05) is 11.1 Å². The number of benzene rings is 1. The average Bonchev–Trinajstić information content (AvgIpc) is 2.53.